The van der Waals surface area contributed by atoms with Gasteiger partial charge in [-0.05, 0) is 26.7 Å². The van der Waals surface area contributed by atoms with Gasteiger partial charge in [-0.25, -0.2) is 4.79 Å². The first-order valence-electron chi connectivity index (χ1n) is 9.11. The smallest absolute Gasteiger partial charge is 0.413 e. The molecule has 1 fully saturated rings. The lowest BCUT2D eigenvalue weighted by Gasteiger charge is -2.26. The predicted molar refractivity (Wildman–Crippen MR) is 98.3 cm³/mol. The highest BCUT2D eigenvalue weighted by atomic mass is 32.2. The number of rotatable bonds is 7. The monoisotopic (exact) mass is 398 g/mol. The number of carbonyl (C=O) groups excluding carboxylic acids is 3. The summed E-state index contributed by atoms with van der Waals surface area (Å²) in [6, 6.07) is 0.191. The van der Waals surface area contributed by atoms with Gasteiger partial charge < -0.3 is 14.0 Å². The highest BCUT2D eigenvalue weighted by Gasteiger charge is 2.27. The van der Waals surface area contributed by atoms with E-state index >= 15 is 0 Å². The van der Waals surface area contributed by atoms with Crippen LogP contribution in [-0.4, -0.2) is 51.7 Å². The number of carbonyl (C=O) groups is 3. The largest absolute Gasteiger partial charge is 0.466 e. The first kappa shape index (κ1) is 21.2. The minimum Gasteiger partial charge on any atom is -0.466 e. The molecular weight excluding hydrogens is 372 g/mol. The molecule has 2 rings (SSSR count). The van der Waals surface area contributed by atoms with Crippen LogP contribution in [0.25, 0.3) is 0 Å². The second kappa shape index (κ2) is 10.3. The summed E-state index contributed by atoms with van der Waals surface area (Å²) in [5.74, 6) is -0.282. The standard InChI is InChI=1S/C17H26N4O5S/c1-4-26-14(22)10-13-19-20-16(21(13)12-8-6-5-7-9-12)27-11(2)15(23)18-17(24)25-3/h11-12H,4-10H2,1-3H3,(H,18,23,24)/t11-/m0/s1. The van der Waals surface area contributed by atoms with E-state index in [2.05, 4.69) is 20.3 Å². The highest BCUT2D eigenvalue weighted by Crippen LogP contribution is 2.34. The first-order valence-corrected chi connectivity index (χ1v) is 9.99. The molecule has 0 aliphatic heterocycles. The van der Waals surface area contributed by atoms with E-state index in [4.69, 9.17) is 4.74 Å². The number of methoxy groups -OCH3 is 1. The summed E-state index contributed by atoms with van der Waals surface area (Å²) in [5.41, 5.74) is 0. The first-order chi connectivity index (χ1) is 13.0. The maximum atomic E-state index is 12.1. The second-order valence-corrected chi connectivity index (χ2v) is 7.59. The lowest BCUT2D eigenvalue weighted by molar-refractivity contribution is -0.142. The minimum atomic E-state index is -0.802. The van der Waals surface area contributed by atoms with Crippen molar-refractivity contribution in [3.63, 3.8) is 0 Å². The van der Waals surface area contributed by atoms with Crippen molar-refractivity contribution in [1.29, 1.82) is 0 Å². The van der Waals surface area contributed by atoms with Crippen LogP contribution in [0.2, 0.25) is 0 Å². The van der Waals surface area contributed by atoms with Gasteiger partial charge in [-0.15, -0.1) is 10.2 Å². The quantitative estimate of drug-likeness (QED) is 0.550. The third-order valence-electron chi connectivity index (χ3n) is 4.34. The van der Waals surface area contributed by atoms with E-state index < -0.39 is 17.3 Å². The molecule has 1 aromatic heterocycles. The Bertz CT molecular complexity index is 672. The second-order valence-electron chi connectivity index (χ2n) is 6.28. The van der Waals surface area contributed by atoms with E-state index in [1.165, 1.54) is 25.3 Å². The summed E-state index contributed by atoms with van der Waals surface area (Å²) in [6.45, 7) is 3.74. The summed E-state index contributed by atoms with van der Waals surface area (Å²) in [6.07, 6.45) is 4.58. The number of imide groups is 1. The third kappa shape index (κ3) is 5.95. The molecule has 150 valence electrons. The van der Waals surface area contributed by atoms with Crippen molar-refractivity contribution in [2.24, 2.45) is 0 Å². The van der Waals surface area contributed by atoms with Crippen molar-refractivity contribution in [1.82, 2.24) is 20.1 Å². The molecule has 1 aliphatic carbocycles. The zero-order chi connectivity index (χ0) is 19.8. The van der Waals surface area contributed by atoms with Crippen LogP contribution < -0.4 is 5.32 Å². The number of thioether (sulfide) groups is 1. The number of esters is 1. The molecule has 10 heteroatoms. The van der Waals surface area contributed by atoms with Crippen LogP contribution in [-0.2, 0) is 25.5 Å². The number of ether oxygens (including phenoxy) is 2. The maximum Gasteiger partial charge on any atom is 0.413 e. The van der Waals surface area contributed by atoms with Crippen molar-refractivity contribution in [2.75, 3.05) is 13.7 Å². The van der Waals surface area contributed by atoms with Gasteiger partial charge in [-0.3, -0.25) is 14.9 Å². The molecule has 0 saturated heterocycles. The van der Waals surface area contributed by atoms with Crippen molar-refractivity contribution >= 4 is 29.7 Å². The molecule has 9 nitrogen and oxygen atoms in total. The van der Waals surface area contributed by atoms with Gasteiger partial charge in [0.1, 0.15) is 12.2 Å². The fourth-order valence-corrected chi connectivity index (χ4v) is 3.96. The van der Waals surface area contributed by atoms with Crippen LogP contribution in [0, 0.1) is 0 Å². The third-order valence-corrected chi connectivity index (χ3v) is 5.40. The van der Waals surface area contributed by atoms with Gasteiger partial charge in [0.05, 0.1) is 19.0 Å². The number of alkyl carbamates (subject to hydrolysis) is 1. The van der Waals surface area contributed by atoms with Gasteiger partial charge in [-0.2, -0.15) is 0 Å². The minimum absolute atomic E-state index is 0.0423. The summed E-state index contributed by atoms with van der Waals surface area (Å²) in [7, 11) is 1.20. The van der Waals surface area contributed by atoms with E-state index in [0.29, 0.717) is 17.6 Å². The molecular formula is C17H26N4O5S. The van der Waals surface area contributed by atoms with Crippen LogP contribution >= 0.6 is 11.8 Å². The number of hydrogen-bond acceptors (Lipinski definition) is 8. The average molecular weight is 398 g/mol. The van der Waals surface area contributed by atoms with E-state index in [-0.39, 0.29) is 18.4 Å². The van der Waals surface area contributed by atoms with Crippen molar-refractivity contribution < 1.29 is 23.9 Å². The summed E-state index contributed by atoms with van der Waals surface area (Å²) in [5, 5.41) is 10.5. The van der Waals surface area contributed by atoms with E-state index in [0.717, 1.165) is 25.7 Å². The Morgan fingerprint density at radius 3 is 2.59 bits per heavy atom. The Labute approximate surface area is 162 Å². The molecule has 1 aromatic rings. The molecule has 1 atom stereocenters. The SMILES string of the molecule is CCOC(=O)Cc1nnc(S[C@@H](C)C(=O)NC(=O)OC)n1C1CCCCC1. The fourth-order valence-electron chi connectivity index (χ4n) is 3.02. The Hall–Kier alpha value is -2.10. The van der Waals surface area contributed by atoms with Crippen molar-refractivity contribution in [3.05, 3.63) is 5.82 Å². The molecule has 2 amide bonds. The normalized spacial score (nSPS) is 15.8. The fraction of sp³-hybridized carbons (Fsp3) is 0.706. The zero-order valence-corrected chi connectivity index (χ0v) is 16.7. The number of nitrogens with one attached hydrogen (secondary N) is 1. The number of nitrogens with zero attached hydrogens (tertiary/aromatic N) is 3. The average Bonchev–Trinajstić information content (AvgIpc) is 3.04. The molecule has 0 unspecified atom stereocenters. The topological polar surface area (TPSA) is 112 Å². The lowest BCUT2D eigenvalue weighted by atomic mass is 9.95. The van der Waals surface area contributed by atoms with Crippen LogP contribution in [0.15, 0.2) is 5.16 Å². The molecule has 1 heterocycles. The number of aromatic nitrogens is 3. The van der Waals surface area contributed by atoms with Gasteiger partial charge in [0.15, 0.2) is 5.16 Å². The molecule has 0 spiro atoms. The Morgan fingerprint density at radius 1 is 1.26 bits per heavy atom. The summed E-state index contributed by atoms with van der Waals surface area (Å²) >= 11 is 1.20. The molecule has 1 N–H and O–H groups in total. The molecule has 1 saturated carbocycles. The van der Waals surface area contributed by atoms with Gasteiger partial charge in [0, 0.05) is 6.04 Å². The summed E-state index contributed by atoms with van der Waals surface area (Å²) in [4.78, 5) is 35.3. The molecule has 0 aromatic carbocycles. The Kier molecular flexibility index (Phi) is 8.08. The highest BCUT2D eigenvalue weighted by molar-refractivity contribution is 8.00. The van der Waals surface area contributed by atoms with E-state index in [1.807, 2.05) is 4.57 Å². The Morgan fingerprint density at radius 2 is 1.96 bits per heavy atom. The Balaban J connectivity index is 2.18. The van der Waals surface area contributed by atoms with Crippen LogP contribution in [0.3, 0.4) is 0 Å². The maximum absolute atomic E-state index is 12.1. The van der Waals surface area contributed by atoms with Gasteiger partial charge in [0.25, 0.3) is 0 Å². The lowest BCUT2D eigenvalue weighted by Crippen LogP contribution is -2.36. The molecule has 0 bridgehead atoms. The van der Waals surface area contributed by atoms with E-state index in [9.17, 15) is 14.4 Å². The summed E-state index contributed by atoms with van der Waals surface area (Å²) < 4.78 is 11.4. The molecule has 1 aliphatic rings. The van der Waals surface area contributed by atoms with Crippen LogP contribution in [0.4, 0.5) is 4.79 Å². The van der Waals surface area contributed by atoms with Crippen molar-refractivity contribution in [2.45, 2.75) is 68.8 Å². The zero-order valence-electron chi connectivity index (χ0n) is 15.9. The van der Waals surface area contributed by atoms with Gasteiger partial charge >= 0.3 is 12.1 Å². The van der Waals surface area contributed by atoms with Gasteiger partial charge in [-0.1, -0.05) is 31.0 Å². The van der Waals surface area contributed by atoms with E-state index in [1.54, 1.807) is 13.8 Å². The molecule has 27 heavy (non-hydrogen) atoms. The number of hydrogen-bond donors (Lipinski definition) is 1. The van der Waals surface area contributed by atoms with Crippen LogP contribution in [0.5, 0.6) is 0 Å². The van der Waals surface area contributed by atoms with Crippen LogP contribution in [0.1, 0.15) is 57.8 Å². The number of amides is 2. The molecule has 0 radical (unpaired) electrons. The van der Waals surface area contributed by atoms with Gasteiger partial charge in [0.2, 0.25) is 5.91 Å². The predicted octanol–water partition coefficient (Wildman–Crippen LogP) is 2.25. The van der Waals surface area contributed by atoms with Crippen molar-refractivity contribution in [3.8, 4) is 0 Å².